The molecule has 3 heterocycles. The van der Waals surface area contributed by atoms with Gasteiger partial charge in [-0.2, -0.15) is 0 Å². The van der Waals surface area contributed by atoms with Gasteiger partial charge in [0, 0.05) is 75.8 Å². The van der Waals surface area contributed by atoms with E-state index < -0.39 is 0 Å². The fourth-order valence-electron chi connectivity index (χ4n) is 11.4. The average Bonchev–Trinajstić information content (AvgIpc) is 3.83. The number of imidazole rings is 2. The van der Waals surface area contributed by atoms with E-state index in [1.807, 2.05) is 0 Å². The number of ether oxygens (including phenoxy) is 4. The van der Waals surface area contributed by atoms with Crippen molar-refractivity contribution in [2.75, 3.05) is 80.8 Å². The van der Waals surface area contributed by atoms with Crippen LogP contribution >= 0.6 is 0 Å². The Kier molecular flexibility index (Phi) is 26.2. The zero-order chi connectivity index (χ0) is 55.6. The van der Waals surface area contributed by atoms with Crippen molar-refractivity contribution in [1.82, 2.24) is 38.7 Å². The highest BCUT2D eigenvalue weighted by Gasteiger charge is 2.29. The summed E-state index contributed by atoms with van der Waals surface area (Å²) >= 11 is 0. The zero-order valence-corrected chi connectivity index (χ0v) is 51.2. The summed E-state index contributed by atoms with van der Waals surface area (Å²) in [5.41, 5.74) is 7.27. The molecule has 5 rings (SSSR count). The van der Waals surface area contributed by atoms with Crippen LogP contribution < -0.4 is 0 Å². The van der Waals surface area contributed by atoms with Gasteiger partial charge in [-0.3, -0.25) is 19.6 Å². The van der Waals surface area contributed by atoms with E-state index in [2.05, 4.69) is 225 Å². The number of aromatic nitrogens is 4. The Morgan fingerprint density at radius 2 is 0.789 bits per heavy atom. The molecule has 1 saturated heterocycles. The minimum Gasteiger partial charge on any atom is -0.376 e. The smallest absolute Gasteiger partial charge is 0.106 e. The zero-order valence-electron chi connectivity index (χ0n) is 51.2. The molecule has 0 spiro atoms. The number of nitrogens with zero attached hydrogens (tertiary/aromatic N) is 8. The molecule has 4 aromatic rings. The van der Waals surface area contributed by atoms with Crippen LogP contribution in [0, 0.1) is 51.4 Å². The fourth-order valence-corrected chi connectivity index (χ4v) is 11.4. The summed E-state index contributed by atoms with van der Waals surface area (Å²) in [4.78, 5) is 19.4. The quantitative estimate of drug-likeness (QED) is 0.108. The predicted octanol–water partition coefficient (Wildman–Crippen LogP) is 11.2. The molecule has 428 valence electrons. The molecule has 0 N–H and O–H groups in total. The van der Waals surface area contributed by atoms with Crippen LogP contribution in [-0.4, -0.2) is 168 Å². The van der Waals surface area contributed by atoms with Gasteiger partial charge in [-0.1, -0.05) is 104 Å². The molecule has 12 heteroatoms. The second-order valence-electron chi connectivity index (χ2n) is 25.2. The first-order chi connectivity index (χ1) is 36.0. The van der Waals surface area contributed by atoms with Crippen LogP contribution in [0.2, 0.25) is 0 Å². The first-order valence-corrected chi connectivity index (χ1v) is 29.4. The summed E-state index contributed by atoms with van der Waals surface area (Å²) < 4.78 is 32.8. The molecule has 0 radical (unpaired) electrons. The van der Waals surface area contributed by atoms with E-state index in [1.54, 1.807) is 0 Å². The first kappa shape index (κ1) is 63.4. The average molecular weight is 1050 g/mol. The summed E-state index contributed by atoms with van der Waals surface area (Å²) in [6, 6.07) is 19.3. The first-order valence-electron chi connectivity index (χ1n) is 29.4. The maximum Gasteiger partial charge on any atom is 0.106 e. The lowest BCUT2D eigenvalue weighted by Gasteiger charge is -2.37. The summed E-state index contributed by atoms with van der Waals surface area (Å²) in [6.07, 6.45) is 10.2. The van der Waals surface area contributed by atoms with Crippen molar-refractivity contribution in [3.63, 3.8) is 0 Å². The Labute approximate surface area is 463 Å². The third kappa shape index (κ3) is 22.0. The lowest BCUT2D eigenvalue weighted by Crippen LogP contribution is -2.47. The maximum atomic E-state index is 7.24. The highest BCUT2D eigenvalue weighted by atomic mass is 16.5. The van der Waals surface area contributed by atoms with Gasteiger partial charge in [0.1, 0.15) is 11.6 Å². The van der Waals surface area contributed by atoms with Crippen LogP contribution in [0.15, 0.2) is 60.9 Å². The number of benzene rings is 2. The summed E-state index contributed by atoms with van der Waals surface area (Å²) in [7, 11) is 9.13. The van der Waals surface area contributed by atoms with E-state index in [-0.39, 0.29) is 48.6 Å². The van der Waals surface area contributed by atoms with Gasteiger partial charge in [0.05, 0.1) is 62.2 Å². The molecule has 12 nitrogen and oxygen atoms in total. The molecule has 0 saturated carbocycles. The Morgan fingerprint density at radius 1 is 0.447 bits per heavy atom. The number of hydrogen-bond acceptors (Lipinski definition) is 10. The molecule has 1 aliphatic rings. The van der Waals surface area contributed by atoms with E-state index in [0.717, 1.165) is 101 Å². The van der Waals surface area contributed by atoms with Gasteiger partial charge in [0.15, 0.2) is 0 Å². The largest absolute Gasteiger partial charge is 0.376 e. The van der Waals surface area contributed by atoms with Gasteiger partial charge in [0.2, 0.25) is 0 Å². The van der Waals surface area contributed by atoms with E-state index in [9.17, 15) is 0 Å². The maximum absolute atomic E-state index is 7.24. The van der Waals surface area contributed by atoms with Crippen molar-refractivity contribution in [3.8, 4) is 0 Å². The molecule has 2 aromatic heterocycles. The van der Waals surface area contributed by atoms with Crippen molar-refractivity contribution < 1.29 is 18.9 Å². The Balaban J connectivity index is 1.42. The van der Waals surface area contributed by atoms with Gasteiger partial charge >= 0.3 is 0 Å². The topological polar surface area (TPSA) is 85.5 Å². The number of likely N-dealkylation sites (N-methyl/N-ethyl adjacent to an activating group) is 4. The SMILES string of the molecule is Cc1cn(Cc2ccc(C[C@@H]3CN(C)[C@@H](CC(C)C)CO[C@H](C)CN(C)[C@@H](CC(C)C)CO[C@H](Cc4cccc(Cn5cc(C)nc5C)c4)CN(C)[C@@H](CC(C)C)CO[C@H](C)CN(C)[C@@H](CC(C)C)CO3)cc2)c(C)n1. The molecule has 0 unspecified atom stereocenters. The van der Waals surface area contributed by atoms with Gasteiger partial charge in [-0.15, -0.1) is 0 Å². The molecular formula is C64H108N8O4. The summed E-state index contributed by atoms with van der Waals surface area (Å²) in [6.45, 7) is 39.1. The Bertz CT molecular complexity index is 2220. The van der Waals surface area contributed by atoms with E-state index in [4.69, 9.17) is 18.9 Å². The summed E-state index contributed by atoms with van der Waals surface area (Å²) in [5.74, 6) is 4.18. The number of rotatable bonds is 16. The molecule has 0 amide bonds. The van der Waals surface area contributed by atoms with Gasteiger partial charge in [-0.05, 0) is 154 Å². The normalized spacial score (nSPS) is 25.0. The van der Waals surface area contributed by atoms with Crippen molar-refractivity contribution in [1.29, 1.82) is 0 Å². The standard InChI is InChI=1S/C64H108N8O4/c1-45(2)26-59-41-73-52(12)36-68(16)62(29-48(7)8)44-76-64(32-57-20-19-21-58(30-57)38-72-34-50(10)66-54(72)14)40-70(18)60(27-46(3)4)42-74-51(11)35-67(15)61(28-47(5)6)43-75-63(39-69(59)17)31-55-22-24-56(25-23-55)37-71-33-49(9)65-53(71)13/h19-25,30,33-34,45-48,51-52,59-64H,26-29,31-32,35-44H2,1-18H3/t51-,52-,59+,60+,61+,62+,63-,64-/m1/s1. The third-order valence-corrected chi connectivity index (χ3v) is 15.6. The van der Waals surface area contributed by atoms with E-state index in [1.165, 1.54) is 22.3 Å². The van der Waals surface area contributed by atoms with Crippen LogP contribution in [0.5, 0.6) is 0 Å². The Morgan fingerprint density at radius 3 is 1.17 bits per heavy atom. The second kappa shape index (κ2) is 31.4. The van der Waals surface area contributed by atoms with Crippen LogP contribution in [0.25, 0.3) is 0 Å². The third-order valence-electron chi connectivity index (χ3n) is 15.6. The van der Waals surface area contributed by atoms with Crippen LogP contribution in [0.3, 0.4) is 0 Å². The highest BCUT2D eigenvalue weighted by molar-refractivity contribution is 5.26. The monoisotopic (exact) mass is 1050 g/mol. The fraction of sp³-hybridized carbons (Fsp3) is 0.719. The van der Waals surface area contributed by atoms with Crippen LogP contribution in [0.4, 0.5) is 0 Å². The molecule has 1 fully saturated rings. The summed E-state index contributed by atoms with van der Waals surface area (Å²) in [5, 5.41) is 0. The number of aryl methyl sites for hydroxylation is 4. The predicted molar refractivity (Wildman–Crippen MR) is 316 cm³/mol. The molecule has 8 atom stereocenters. The van der Waals surface area contributed by atoms with Crippen molar-refractivity contribution in [3.05, 3.63) is 106 Å². The van der Waals surface area contributed by atoms with E-state index in [0.29, 0.717) is 50.1 Å². The van der Waals surface area contributed by atoms with Crippen molar-refractivity contribution in [2.24, 2.45) is 23.7 Å². The number of hydrogen-bond donors (Lipinski definition) is 0. The Hall–Kier alpha value is -3.46. The molecule has 2 aromatic carbocycles. The molecule has 0 aliphatic carbocycles. The van der Waals surface area contributed by atoms with E-state index >= 15 is 0 Å². The minimum absolute atomic E-state index is 0.00251. The van der Waals surface area contributed by atoms with Gasteiger partial charge in [-0.25, -0.2) is 9.97 Å². The molecule has 0 bridgehead atoms. The van der Waals surface area contributed by atoms with Crippen molar-refractivity contribution in [2.45, 2.75) is 197 Å². The molecule has 1 aliphatic heterocycles. The lowest BCUT2D eigenvalue weighted by atomic mass is 10.0. The minimum atomic E-state index is -0.00753. The van der Waals surface area contributed by atoms with Crippen LogP contribution in [-0.2, 0) is 44.9 Å². The molecule has 76 heavy (non-hydrogen) atoms. The lowest BCUT2D eigenvalue weighted by molar-refractivity contribution is -0.0536. The molecular weight excluding hydrogens is 945 g/mol. The second-order valence-corrected chi connectivity index (χ2v) is 25.2. The van der Waals surface area contributed by atoms with Crippen molar-refractivity contribution >= 4 is 0 Å². The van der Waals surface area contributed by atoms with Gasteiger partial charge in [0.25, 0.3) is 0 Å². The highest BCUT2D eigenvalue weighted by Crippen LogP contribution is 2.23. The van der Waals surface area contributed by atoms with Gasteiger partial charge < -0.3 is 28.1 Å². The van der Waals surface area contributed by atoms with Crippen LogP contribution in [0.1, 0.15) is 140 Å².